The number of hydrogen-bond acceptors (Lipinski definition) is 6. The molecule has 1 aromatic carbocycles. The lowest BCUT2D eigenvalue weighted by atomic mass is 10.1. The van der Waals surface area contributed by atoms with Crippen molar-refractivity contribution in [1.82, 2.24) is 9.88 Å². The maximum absolute atomic E-state index is 12.2. The highest BCUT2D eigenvalue weighted by atomic mass is 32.2. The van der Waals surface area contributed by atoms with E-state index in [9.17, 15) is 8.42 Å². The molecule has 0 aliphatic carbocycles. The van der Waals surface area contributed by atoms with Crippen LogP contribution in [0.25, 0.3) is 11.3 Å². The molecule has 0 aliphatic heterocycles. The number of nitrogens with zero attached hydrogens (tertiary/aromatic N) is 1. The Morgan fingerprint density at radius 1 is 1.24 bits per heavy atom. The van der Waals surface area contributed by atoms with Gasteiger partial charge in [0.05, 0.1) is 12.8 Å². The van der Waals surface area contributed by atoms with E-state index in [1.54, 1.807) is 25.3 Å². The molecule has 25 heavy (non-hydrogen) atoms. The number of methoxy groups -OCH3 is 1. The van der Waals surface area contributed by atoms with Crippen LogP contribution in [0.5, 0.6) is 5.75 Å². The van der Waals surface area contributed by atoms with Crippen molar-refractivity contribution >= 4 is 21.4 Å². The standard InChI is InChI=1S/C17H18N2O4S2/c1-12-6-7-17(24-12)25(20,21)18-9-8-14-11-16(23-19-14)13-4-3-5-15(10-13)22-2/h3-7,10-11,18H,8-9H2,1-2H3. The van der Waals surface area contributed by atoms with E-state index in [2.05, 4.69) is 9.88 Å². The van der Waals surface area contributed by atoms with E-state index >= 15 is 0 Å². The summed E-state index contributed by atoms with van der Waals surface area (Å²) in [5.74, 6) is 1.35. The SMILES string of the molecule is COc1cccc(-c2cc(CCNS(=O)(=O)c3ccc(C)s3)no2)c1. The summed E-state index contributed by atoms with van der Waals surface area (Å²) >= 11 is 1.25. The summed E-state index contributed by atoms with van der Waals surface area (Å²) in [6.07, 6.45) is 0.442. The highest BCUT2D eigenvalue weighted by Crippen LogP contribution is 2.24. The van der Waals surface area contributed by atoms with E-state index in [4.69, 9.17) is 9.26 Å². The Hall–Kier alpha value is -2.16. The number of nitrogens with one attached hydrogen (secondary N) is 1. The van der Waals surface area contributed by atoms with E-state index in [1.165, 1.54) is 11.3 Å². The van der Waals surface area contributed by atoms with Gasteiger partial charge < -0.3 is 9.26 Å². The van der Waals surface area contributed by atoms with Crippen molar-refractivity contribution in [1.29, 1.82) is 0 Å². The monoisotopic (exact) mass is 378 g/mol. The minimum atomic E-state index is -3.47. The molecule has 1 N–H and O–H groups in total. The van der Waals surface area contributed by atoms with Crippen LogP contribution in [0, 0.1) is 6.92 Å². The van der Waals surface area contributed by atoms with Crippen molar-refractivity contribution in [2.75, 3.05) is 13.7 Å². The van der Waals surface area contributed by atoms with Gasteiger partial charge >= 0.3 is 0 Å². The minimum Gasteiger partial charge on any atom is -0.497 e. The molecule has 0 unspecified atom stereocenters. The first-order valence-corrected chi connectivity index (χ1v) is 9.94. The molecule has 0 amide bonds. The molecule has 3 rings (SSSR count). The summed E-state index contributed by atoms with van der Waals surface area (Å²) in [5, 5.41) is 4.00. The fourth-order valence-electron chi connectivity index (χ4n) is 2.28. The van der Waals surface area contributed by atoms with Crippen LogP contribution in [0.4, 0.5) is 0 Å². The lowest BCUT2D eigenvalue weighted by molar-refractivity contribution is 0.412. The first-order valence-electron chi connectivity index (χ1n) is 7.64. The van der Waals surface area contributed by atoms with Gasteiger partial charge in [-0.25, -0.2) is 13.1 Å². The summed E-state index contributed by atoms with van der Waals surface area (Å²) in [6, 6.07) is 12.7. The molecule has 2 aromatic heterocycles. The van der Waals surface area contributed by atoms with Gasteiger partial charge in [0.15, 0.2) is 5.76 Å². The molecule has 3 aromatic rings. The van der Waals surface area contributed by atoms with Gasteiger partial charge in [0.1, 0.15) is 9.96 Å². The predicted molar refractivity (Wildman–Crippen MR) is 96.4 cm³/mol. The second-order valence-corrected chi connectivity index (χ2v) is 8.71. The first-order chi connectivity index (χ1) is 12.0. The van der Waals surface area contributed by atoms with Crippen LogP contribution in [-0.2, 0) is 16.4 Å². The Labute approximate surface area is 150 Å². The fourth-order valence-corrected chi connectivity index (χ4v) is 4.64. The van der Waals surface area contributed by atoms with Gasteiger partial charge in [-0.05, 0) is 31.2 Å². The third-order valence-corrected chi connectivity index (χ3v) is 6.52. The summed E-state index contributed by atoms with van der Waals surface area (Å²) in [5.41, 5.74) is 1.54. The molecule has 0 spiro atoms. The number of ether oxygens (including phenoxy) is 1. The van der Waals surface area contributed by atoms with Crippen LogP contribution in [0.15, 0.2) is 51.2 Å². The van der Waals surface area contributed by atoms with Crippen molar-refractivity contribution < 1.29 is 17.7 Å². The lowest BCUT2D eigenvalue weighted by Gasteiger charge is -2.02. The van der Waals surface area contributed by atoms with Gasteiger partial charge in [0, 0.05) is 29.5 Å². The highest BCUT2D eigenvalue weighted by molar-refractivity contribution is 7.91. The molecule has 0 fully saturated rings. The van der Waals surface area contributed by atoms with Crippen LogP contribution in [0.3, 0.4) is 0 Å². The smallest absolute Gasteiger partial charge is 0.250 e. The summed E-state index contributed by atoms with van der Waals surface area (Å²) in [6.45, 7) is 2.13. The van der Waals surface area contributed by atoms with Crippen LogP contribution < -0.4 is 9.46 Å². The maximum atomic E-state index is 12.2. The van der Waals surface area contributed by atoms with Gasteiger partial charge in [-0.1, -0.05) is 17.3 Å². The number of thiophene rings is 1. The number of sulfonamides is 1. The van der Waals surface area contributed by atoms with E-state index in [-0.39, 0.29) is 6.54 Å². The zero-order chi connectivity index (χ0) is 17.9. The Kier molecular flexibility index (Phi) is 5.22. The molecule has 8 heteroatoms. The largest absolute Gasteiger partial charge is 0.497 e. The normalized spacial score (nSPS) is 11.6. The minimum absolute atomic E-state index is 0.253. The molecule has 6 nitrogen and oxygen atoms in total. The van der Waals surface area contributed by atoms with Crippen molar-refractivity contribution in [3.63, 3.8) is 0 Å². The Bertz CT molecular complexity index is 960. The summed E-state index contributed by atoms with van der Waals surface area (Å²) in [7, 11) is -1.87. The van der Waals surface area contributed by atoms with E-state index in [1.807, 2.05) is 31.2 Å². The molecule has 2 heterocycles. The molecule has 0 atom stereocenters. The van der Waals surface area contributed by atoms with Crippen LogP contribution >= 0.6 is 11.3 Å². The Morgan fingerprint density at radius 3 is 2.80 bits per heavy atom. The third kappa shape index (κ3) is 4.28. The van der Waals surface area contributed by atoms with Gasteiger partial charge in [-0.2, -0.15) is 0 Å². The second-order valence-electron chi connectivity index (χ2n) is 5.43. The van der Waals surface area contributed by atoms with Crippen molar-refractivity contribution in [2.24, 2.45) is 0 Å². The van der Waals surface area contributed by atoms with Gasteiger partial charge in [0.25, 0.3) is 0 Å². The Balaban J connectivity index is 1.62. The van der Waals surface area contributed by atoms with Crippen LogP contribution in [0.1, 0.15) is 10.6 Å². The van der Waals surface area contributed by atoms with E-state index < -0.39 is 10.0 Å². The molecular weight excluding hydrogens is 360 g/mol. The van der Waals surface area contributed by atoms with Gasteiger partial charge in [-0.3, -0.25) is 0 Å². The molecule has 0 radical (unpaired) electrons. The number of aromatic nitrogens is 1. The second kappa shape index (κ2) is 7.38. The number of aryl methyl sites for hydroxylation is 1. The molecule has 0 saturated heterocycles. The average molecular weight is 378 g/mol. The fraction of sp³-hybridized carbons (Fsp3) is 0.235. The zero-order valence-corrected chi connectivity index (χ0v) is 15.5. The number of benzene rings is 1. The molecule has 0 bridgehead atoms. The Morgan fingerprint density at radius 2 is 2.08 bits per heavy atom. The highest BCUT2D eigenvalue weighted by Gasteiger charge is 2.16. The molecule has 0 aliphatic rings. The van der Waals surface area contributed by atoms with Crippen LogP contribution in [-0.4, -0.2) is 27.2 Å². The predicted octanol–water partition coefficient (Wildman–Crippen LogP) is 3.24. The average Bonchev–Trinajstić information content (AvgIpc) is 3.24. The number of hydrogen-bond donors (Lipinski definition) is 1. The van der Waals surface area contributed by atoms with Gasteiger partial charge in [-0.15, -0.1) is 11.3 Å². The van der Waals surface area contributed by atoms with Crippen molar-refractivity contribution in [3.8, 4) is 17.1 Å². The topological polar surface area (TPSA) is 81.4 Å². The van der Waals surface area contributed by atoms with Crippen molar-refractivity contribution in [2.45, 2.75) is 17.6 Å². The van der Waals surface area contributed by atoms with Crippen molar-refractivity contribution in [3.05, 3.63) is 53.0 Å². The van der Waals surface area contributed by atoms with Gasteiger partial charge in [0.2, 0.25) is 10.0 Å². The summed E-state index contributed by atoms with van der Waals surface area (Å²) in [4.78, 5) is 0.958. The summed E-state index contributed by atoms with van der Waals surface area (Å²) < 4.78 is 37.8. The lowest BCUT2D eigenvalue weighted by Crippen LogP contribution is -2.25. The van der Waals surface area contributed by atoms with Crippen LogP contribution in [0.2, 0.25) is 0 Å². The third-order valence-electron chi connectivity index (χ3n) is 3.57. The molecular formula is C17H18N2O4S2. The molecule has 132 valence electrons. The van der Waals surface area contributed by atoms with E-state index in [0.29, 0.717) is 22.1 Å². The zero-order valence-electron chi connectivity index (χ0n) is 13.9. The molecule has 0 saturated carbocycles. The van der Waals surface area contributed by atoms with E-state index in [0.717, 1.165) is 16.2 Å². The first kappa shape index (κ1) is 17.7. The quantitative estimate of drug-likeness (QED) is 0.682. The maximum Gasteiger partial charge on any atom is 0.250 e. The number of rotatable bonds is 7.